The zero-order valence-corrected chi connectivity index (χ0v) is 18.5. The van der Waals surface area contributed by atoms with Crippen LogP contribution in [-0.2, 0) is 24.3 Å². The molecule has 0 amide bonds. The van der Waals surface area contributed by atoms with E-state index in [1.165, 1.54) is 12.1 Å². The minimum Gasteiger partial charge on any atom is -0.465 e. The van der Waals surface area contributed by atoms with Crippen LogP contribution in [0.15, 0.2) is 35.2 Å². The van der Waals surface area contributed by atoms with Crippen LogP contribution in [0, 0.1) is 0 Å². The van der Waals surface area contributed by atoms with Gasteiger partial charge in [0, 0.05) is 19.7 Å². The molecule has 0 aliphatic heterocycles. The molecule has 0 aromatic heterocycles. The van der Waals surface area contributed by atoms with Crippen molar-refractivity contribution in [3.05, 3.63) is 30.3 Å². The molecule has 148 valence electrons. The van der Waals surface area contributed by atoms with E-state index in [2.05, 4.69) is 31.9 Å². The number of nitrogens with zero attached hydrogens (tertiary/aromatic N) is 1. The number of aliphatic hydroxyl groups is 1. The Kier molecular flexibility index (Phi) is 10.3. The van der Waals surface area contributed by atoms with Crippen molar-refractivity contribution in [2.75, 3.05) is 26.3 Å². The maximum atomic E-state index is 13.0. The first-order valence-electron chi connectivity index (χ1n) is 8.03. The Labute approximate surface area is 171 Å². The van der Waals surface area contributed by atoms with E-state index in [1.807, 2.05) is 0 Å². The minimum absolute atomic E-state index is 0.0918. The lowest BCUT2D eigenvalue weighted by atomic mass is 10.3. The highest BCUT2D eigenvalue weighted by Gasteiger charge is 2.32. The number of alkyl halides is 2. The van der Waals surface area contributed by atoms with Gasteiger partial charge in [-0.05, 0) is 26.0 Å². The topological polar surface area (TPSA) is 93.1 Å². The molecule has 0 heterocycles. The number of aliphatic hydroxyl groups excluding tert-OH is 1. The van der Waals surface area contributed by atoms with Gasteiger partial charge in [0.25, 0.3) is 0 Å². The van der Waals surface area contributed by atoms with Gasteiger partial charge >= 0.3 is 5.97 Å². The highest BCUT2D eigenvalue weighted by Crippen LogP contribution is 2.21. The molecule has 0 radical (unpaired) electrons. The van der Waals surface area contributed by atoms with Crippen LogP contribution in [-0.4, -0.2) is 66.0 Å². The Balaban J connectivity index is 3.07. The summed E-state index contributed by atoms with van der Waals surface area (Å²) in [5, 5.41) is 9.94. The fraction of sp³-hybridized carbons (Fsp3) is 0.562. The van der Waals surface area contributed by atoms with Gasteiger partial charge in [-0.1, -0.05) is 50.1 Å². The second-order valence-electron chi connectivity index (χ2n) is 5.22. The number of esters is 1. The summed E-state index contributed by atoms with van der Waals surface area (Å²) in [6, 6.07) is 7.88. The number of halogens is 2. The Morgan fingerprint density at radius 3 is 2.31 bits per heavy atom. The van der Waals surface area contributed by atoms with E-state index in [4.69, 9.17) is 9.47 Å². The van der Waals surface area contributed by atoms with Gasteiger partial charge in [0.2, 0.25) is 10.0 Å². The molecule has 0 saturated carbocycles. The number of hydrogen-bond acceptors (Lipinski definition) is 6. The highest BCUT2D eigenvalue weighted by molar-refractivity contribution is 9.10. The van der Waals surface area contributed by atoms with Crippen molar-refractivity contribution in [1.29, 1.82) is 0 Å². The molecular formula is C16H23Br2NO6S. The maximum absolute atomic E-state index is 13.0. The predicted octanol–water partition coefficient (Wildman–Crippen LogP) is 2.12. The number of hydrogen-bond donors (Lipinski definition) is 1. The Morgan fingerprint density at radius 1 is 1.15 bits per heavy atom. The number of carbonyl (C=O) groups is 1. The molecule has 0 fully saturated rings. The molecule has 0 aliphatic rings. The molecule has 1 aromatic carbocycles. The molecule has 1 unspecified atom stereocenters. The van der Waals surface area contributed by atoms with Gasteiger partial charge in [-0.3, -0.25) is 4.79 Å². The van der Waals surface area contributed by atoms with Crippen LogP contribution in [0.2, 0.25) is 0 Å². The molecule has 0 aliphatic carbocycles. The van der Waals surface area contributed by atoms with Gasteiger partial charge < -0.3 is 14.6 Å². The van der Waals surface area contributed by atoms with Gasteiger partial charge in [-0.15, -0.1) is 0 Å². The van der Waals surface area contributed by atoms with Crippen LogP contribution >= 0.6 is 31.9 Å². The van der Waals surface area contributed by atoms with Crippen molar-refractivity contribution in [2.45, 2.75) is 34.7 Å². The number of ether oxygens (including phenoxy) is 2. The molecular weight excluding hydrogens is 494 g/mol. The molecule has 1 rings (SSSR count). The van der Waals surface area contributed by atoms with Gasteiger partial charge in [-0.2, -0.15) is 4.31 Å². The van der Waals surface area contributed by atoms with Gasteiger partial charge in [0.15, 0.2) is 6.29 Å². The van der Waals surface area contributed by atoms with Crippen molar-refractivity contribution in [1.82, 2.24) is 4.31 Å². The predicted molar refractivity (Wildman–Crippen MR) is 105 cm³/mol. The Hall–Kier alpha value is -0.520. The van der Waals surface area contributed by atoms with Crippen molar-refractivity contribution >= 4 is 47.9 Å². The Bertz CT molecular complexity index is 658. The zero-order valence-electron chi connectivity index (χ0n) is 14.5. The summed E-state index contributed by atoms with van der Waals surface area (Å²) in [5.74, 6) is -0.558. The summed E-state index contributed by atoms with van der Waals surface area (Å²) in [6.45, 7) is 3.60. The number of rotatable bonds is 11. The molecule has 7 nitrogen and oxygen atoms in total. The SMILES string of the molecule is CCOC(=O)[C@@H](Br)CN(C[C@@H](Br)C(O)OCC)S(=O)(=O)c1ccccc1. The second kappa shape index (κ2) is 11.4. The maximum Gasteiger partial charge on any atom is 0.321 e. The first-order valence-corrected chi connectivity index (χ1v) is 11.3. The molecule has 0 bridgehead atoms. The summed E-state index contributed by atoms with van der Waals surface area (Å²) in [4.78, 5) is 10.5. The van der Waals surface area contributed by atoms with Crippen LogP contribution in [0.3, 0.4) is 0 Å². The van der Waals surface area contributed by atoms with Crippen LogP contribution in [0.1, 0.15) is 13.8 Å². The largest absolute Gasteiger partial charge is 0.465 e. The van der Waals surface area contributed by atoms with E-state index in [0.29, 0.717) is 0 Å². The van der Waals surface area contributed by atoms with Gasteiger partial charge in [-0.25, -0.2) is 8.42 Å². The quantitative estimate of drug-likeness (QED) is 0.275. The van der Waals surface area contributed by atoms with E-state index < -0.39 is 31.9 Å². The van der Waals surface area contributed by atoms with Crippen molar-refractivity contribution in [2.24, 2.45) is 0 Å². The third kappa shape index (κ3) is 6.90. The lowest BCUT2D eigenvalue weighted by molar-refractivity contribution is -0.142. The molecule has 3 atom stereocenters. The average molecular weight is 517 g/mol. The van der Waals surface area contributed by atoms with Gasteiger partial charge in [0.05, 0.1) is 16.3 Å². The fourth-order valence-electron chi connectivity index (χ4n) is 2.06. The number of benzene rings is 1. The zero-order chi connectivity index (χ0) is 19.7. The van der Waals surface area contributed by atoms with Crippen molar-refractivity contribution in [3.8, 4) is 0 Å². The van der Waals surface area contributed by atoms with Crippen LogP contribution < -0.4 is 0 Å². The third-order valence-electron chi connectivity index (χ3n) is 3.31. The molecule has 10 heteroatoms. The molecule has 0 spiro atoms. The lowest BCUT2D eigenvalue weighted by Crippen LogP contribution is -2.44. The van der Waals surface area contributed by atoms with E-state index in [-0.39, 0.29) is 31.2 Å². The van der Waals surface area contributed by atoms with Crippen molar-refractivity contribution in [3.63, 3.8) is 0 Å². The summed E-state index contributed by atoms with van der Waals surface area (Å²) in [7, 11) is -3.89. The Morgan fingerprint density at radius 2 is 1.77 bits per heavy atom. The van der Waals surface area contributed by atoms with E-state index >= 15 is 0 Å². The summed E-state index contributed by atoms with van der Waals surface area (Å²) in [6.07, 6.45) is -1.19. The number of carbonyl (C=O) groups excluding carboxylic acids is 1. The minimum atomic E-state index is -3.89. The first kappa shape index (κ1) is 23.5. The average Bonchev–Trinajstić information content (AvgIpc) is 2.62. The monoisotopic (exact) mass is 515 g/mol. The molecule has 1 aromatic rings. The van der Waals surface area contributed by atoms with Crippen LogP contribution in [0.4, 0.5) is 0 Å². The summed E-state index contributed by atoms with van der Waals surface area (Å²) >= 11 is 6.43. The third-order valence-corrected chi connectivity index (χ3v) is 6.56. The fourth-order valence-corrected chi connectivity index (χ4v) is 4.93. The summed E-state index contributed by atoms with van der Waals surface area (Å²) in [5.41, 5.74) is 0. The van der Waals surface area contributed by atoms with Crippen molar-refractivity contribution < 1.29 is 27.8 Å². The normalized spacial score (nSPS) is 15.5. The second-order valence-corrected chi connectivity index (χ2v) is 9.44. The van der Waals surface area contributed by atoms with E-state index in [9.17, 15) is 18.3 Å². The molecule has 26 heavy (non-hydrogen) atoms. The standard InChI is InChI=1S/C16H23Br2NO6S/c1-3-24-15(20)13(17)10-19(11-14(18)16(21)25-4-2)26(22,23)12-8-6-5-7-9-12/h5-9,13-15,20H,3-4,10-11H2,1-2H3/t13-,14+,15?/m1/s1. The van der Waals surface area contributed by atoms with Crippen LogP contribution in [0.25, 0.3) is 0 Å². The van der Waals surface area contributed by atoms with E-state index in [1.54, 1.807) is 32.0 Å². The van der Waals surface area contributed by atoms with Gasteiger partial charge in [0.1, 0.15) is 4.83 Å². The molecule has 1 N–H and O–H groups in total. The summed E-state index contributed by atoms with van der Waals surface area (Å²) < 4.78 is 37.1. The number of sulfonamides is 1. The highest BCUT2D eigenvalue weighted by atomic mass is 79.9. The smallest absolute Gasteiger partial charge is 0.321 e. The molecule has 0 saturated heterocycles. The lowest BCUT2D eigenvalue weighted by Gasteiger charge is -2.27. The van der Waals surface area contributed by atoms with Crippen LogP contribution in [0.5, 0.6) is 0 Å². The van der Waals surface area contributed by atoms with E-state index in [0.717, 1.165) is 4.31 Å². The first-order chi connectivity index (χ1) is 12.2.